The Hall–Kier alpha value is -1.00. The second-order valence-corrected chi connectivity index (χ2v) is 12.3. The second-order valence-electron chi connectivity index (χ2n) is 7.04. The summed E-state index contributed by atoms with van der Waals surface area (Å²) in [5.41, 5.74) is -0.779. The first-order valence-corrected chi connectivity index (χ1v) is 15.0. The lowest BCUT2D eigenvalue weighted by molar-refractivity contribution is -0.0533. The number of ether oxygens (including phenoxy) is 1. The van der Waals surface area contributed by atoms with Gasteiger partial charge < -0.3 is 34.5 Å². The number of aromatic nitrogens is 1. The highest BCUT2D eigenvalue weighted by Crippen LogP contribution is 2.66. The highest BCUT2D eigenvalue weighted by Gasteiger charge is 2.46. The Labute approximate surface area is 199 Å². The van der Waals surface area contributed by atoms with E-state index in [0.717, 1.165) is 22.4 Å². The number of halogens is 1. The van der Waals surface area contributed by atoms with Crippen LogP contribution in [-0.2, 0) is 31.6 Å². The fourth-order valence-corrected chi connectivity index (χ4v) is 6.71. The van der Waals surface area contributed by atoms with Crippen molar-refractivity contribution in [3.63, 3.8) is 0 Å². The van der Waals surface area contributed by atoms with Crippen LogP contribution in [0, 0.1) is 5.82 Å². The van der Waals surface area contributed by atoms with Gasteiger partial charge in [0.1, 0.15) is 24.1 Å². The summed E-state index contributed by atoms with van der Waals surface area (Å²) in [6, 6.07) is 3.90. The van der Waals surface area contributed by atoms with Crippen LogP contribution in [-0.4, -0.2) is 65.5 Å². The van der Waals surface area contributed by atoms with Gasteiger partial charge >= 0.3 is 23.5 Å². The molecule has 1 aliphatic rings. The third-order valence-electron chi connectivity index (χ3n) is 4.63. The summed E-state index contributed by atoms with van der Waals surface area (Å²) in [6.07, 6.45) is -3.82. The third kappa shape index (κ3) is 6.86. The van der Waals surface area contributed by atoms with Gasteiger partial charge in [0.25, 0.3) is 5.56 Å². The van der Waals surface area contributed by atoms with Crippen LogP contribution >= 0.6 is 35.2 Å². The molecular formula is C15H19FNO14P3S. The van der Waals surface area contributed by atoms with E-state index >= 15 is 0 Å². The van der Waals surface area contributed by atoms with Gasteiger partial charge in [-0.3, -0.25) is 13.9 Å². The van der Waals surface area contributed by atoms with Crippen molar-refractivity contribution >= 4 is 46.0 Å². The average molecular weight is 581 g/mol. The molecule has 1 aromatic carbocycles. The van der Waals surface area contributed by atoms with Gasteiger partial charge in [-0.15, -0.1) is 11.8 Å². The van der Waals surface area contributed by atoms with Gasteiger partial charge in [0.05, 0.1) is 12.0 Å². The first-order valence-electron chi connectivity index (χ1n) is 9.22. The first-order chi connectivity index (χ1) is 16.0. The number of rotatable bonds is 9. The zero-order chi connectivity index (χ0) is 26.3. The number of benzene rings is 1. The molecule has 0 spiro atoms. The predicted octanol–water partition coefficient (Wildman–Crippen LogP) is 0.825. The van der Waals surface area contributed by atoms with Gasteiger partial charge in [-0.05, 0) is 29.8 Å². The molecule has 196 valence electrons. The van der Waals surface area contributed by atoms with Crippen molar-refractivity contribution in [3.05, 3.63) is 40.6 Å². The quantitative estimate of drug-likeness (QED) is 0.178. The van der Waals surface area contributed by atoms with Gasteiger partial charge in [-0.1, -0.05) is 0 Å². The third-order valence-corrected chi connectivity index (χ3v) is 9.19. The molecular weight excluding hydrogens is 562 g/mol. The maximum Gasteiger partial charge on any atom is 0.490 e. The van der Waals surface area contributed by atoms with E-state index < -0.39 is 66.0 Å². The molecule has 2 aromatic rings. The van der Waals surface area contributed by atoms with Crippen molar-refractivity contribution in [2.24, 2.45) is 0 Å². The Bertz CT molecular complexity index is 1320. The normalized spacial score (nSPS) is 26.5. The molecule has 6 N–H and O–H groups in total. The summed E-state index contributed by atoms with van der Waals surface area (Å²) in [5, 5.41) is 20.9. The molecule has 20 heteroatoms. The molecule has 0 amide bonds. The lowest BCUT2D eigenvalue weighted by atomic mass is 10.1. The smallest absolute Gasteiger partial charge is 0.387 e. The average Bonchev–Trinajstić information content (AvgIpc) is 2.98. The number of aliphatic hydroxyl groups is 2. The Kier molecular flexibility index (Phi) is 8.49. The van der Waals surface area contributed by atoms with Crippen molar-refractivity contribution in [1.82, 2.24) is 4.57 Å². The van der Waals surface area contributed by atoms with E-state index in [1.54, 1.807) is 6.26 Å². The zero-order valence-corrected chi connectivity index (χ0v) is 20.9. The number of hydrogen-bond acceptors (Lipinski definition) is 11. The molecule has 2 heterocycles. The Morgan fingerprint density at radius 1 is 1.09 bits per heavy atom. The van der Waals surface area contributed by atoms with Crippen LogP contribution in [0.5, 0.6) is 0 Å². The minimum Gasteiger partial charge on any atom is -0.387 e. The van der Waals surface area contributed by atoms with E-state index in [1.165, 1.54) is 18.3 Å². The molecule has 15 nitrogen and oxygen atoms in total. The number of fused-ring (bicyclic) bond motifs is 1. The Morgan fingerprint density at radius 3 is 2.34 bits per heavy atom. The Morgan fingerprint density at radius 2 is 1.74 bits per heavy atom. The minimum absolute atomic E-state index is 0.0511. The maximum absolute atomic E-state index is 14.2. The predicted molar refractivity (Wildman–Crippen MR) is 116 cm³/mol. The van der Waals surface area contributed by atoms with Crippen LogP contribution in [0.4, 0.5) is 4.39 Å². The molecule has 6 atom stereocenters. The van der Waals surface area contributed by atoms with E-state index in [4.69, 9.17) is 19.4 Å². The Balaban J connectivity index is 1.76. The van der Waals surface area contributed by atoms with Gasteiger partial charge in [-0.25, -0.2) is 18.1 Å². The molecule has 0 saturated carbocycles. The molecule has 2 unspecified atom stereocenters. The van der Waals surface area contributed by atoms with E-state index in [9.17, 15) is 38.0 Å². The zero-order valence-electron chi connectivity index (χ0n) is 17.4. The summed E-state index contributed by atoms with van der Waals surface area (Å²) in [5.74, 6) is -0.651. The SMILES string of the molecule is CSc1cc2ccn([C@@H]3O[C@H](COP(=O)(O)OP(=O)(O)OP(=O)(O)O)[C@@H](O)[C@H]3O)c(=O)c2cc1F. The van der Waals surface area contributed by atoms with Gasteiger partial charge in [0.15, 0.2) is 6.23 Å². The lowest BCUT2D eigenvalue weighted by Gasteiger charge is -2.19. The molecule has 1 aromatic heterocycles. The van der Waals surface area contributed by atoms with Gasteiger partial charge in [0.2, 0.25) is 0 Å². The van der Waals surface area contributed by atoms with Gasteiger partial charge in [0, 0.05) is 11.1 Å². The van der Waals surface area contributed by atoms with Crippen LogP contribution in [0.2, 0.25) is 0 Å². The number of hydrogen-bond donors (Lipinski definition) is 6. The highest BCUT2D eigenvalue weighted by molar-refractivity contribution is 7.98. The molecule has 3 rings (SSSR count). The van der Waals surface area contributed by atoms with E-state index in [1.807, 2.05) is 0 Å². The van der Waals surface area contributed by atoms with E-state index in [-0.39, 0.29) is 5.39 Å². The summed E-state index contributed by atoms with van der Waals surface area (Å²) in [6.45, 7) is -1.05. The summed E-state index contributed by atoms with van der Waals surface area (Å²) in [7, 11) is -16.9. The van der Waals surface area contributed by atoms with Crippen molar-refractivity contribution in [1.29, 1.82) is 0 Å². The molecule has 0 aliphatic carbocycles. The van der Waals surface area contributed by atoms with Gasteiger partial charge in [-0.2, -0.15) is 8.62 Å². The topological polar surface area (TPSA) is 232 Å². The molecule has 1 fully saturated rings. The van der Waals surface area contributed by atoms with Crippen LogP contribution in [0.25, 0.3) is 10.8 Å². The van der Waals surface area contributed by atoms with Crippen LogP contribution in [0.15, 0.2) is 34.1 Å². The first kappa shape index (κ1) is 28.6. The fourth-order valence-electron chi connectivity index (χ4n) is 3.18. The standard InChI is InChI=1S/C15H19FNO14P3S/c1-35-11-4-7-2-3-17(14(20)8(7)5-9(11)16)15-13(19)12(18)10(29-15)6-28-33(24,25)31-34(26,27)30-32(21,22)23/h2-5,10,12-13,15,18-19H,6H2,1H3,(H,24,25)(H,26,27)(H2,21,22,23)/t10-,12-,13-,15-/m1/s1. The molecule has 35 heavy (non-hydrogen) atoms. The number of thioether (sulfide) groups is 1. The summed E-state index contributed by atoms with van der Waals surface area (Å²) < 4.78 is 65.8. The van der Waals surface area contributed by atoms with Crippen molar-refractivity contribution in [2.45, 2.75) is 29.4 Å². The summed E-state index contributed by atoms with van der Waals surface area (Å²) in [4.78, 5) is 48.9. The fraction of sp³-hybridized carbons (Fsp3) is 0.400. The molecule has 0 radical (unpaired) electrons. The number of nitrogens with zero attached hydrogens (tertiary/aromatic N) is 1. The van der Waals surface area contributed by atoms with Crippen molar-refractivity contribution in [2.75, 3.05) is 12.9 Å². The summed E-state index contributed by atoms with van der Waals surface area (Å²) >= 11 is 1.13. The monoisotopic (exact) mass is 581 g/mol. The largest absolute Gasteiger partial charge is 0.490 e. The van der Waals surface area contributed by atoms with Crippen LogP contribution in [0.1, 0.15) is 6.23 Å². The minimum atomic E-state index is -5.76. The molecule has 1 aliphatic heterocycles. The van der Waals surface area contributed by atoms with Crippen molar-refractivity contribution in [3.8, 4) is 0 Å². The van der Waals surface area contributed by atoms with Crippen LogP contribution in [0.3, 0.4) is 0 Å². The lowest BCUT2D eigenvalue weighted by Crippen LogP contribution is -2.35. The highest BCUT2D eigenvalue weighted by atomic mass is 32.2. The number of phosphoric ester groups is 1. The van der Waals surface area contributed by atoms with Crippen molar-refractivity contribution < 1.29 is 65.8 Å². The van der Waals surface area contributed by atoms with E-state index in [0.29, 0.717) is 10.3 Å². The van der Waals surface area contributed by atoms with Crippen LogP contribution < -0.4 is 5.56 Å². The number of aliphatic hydroxyl groups excluding tert-OH is 2. The molecule has 0 bridgehead atoms. The maximum atomic E-state index is 14.2. The number of pyridine rings is 1. The van der Waals surface area contributed by atoms with E-state index in [2.05, 4.69) is 13.1 Å². The second kappa shape index (κ2) is 10.4. The number of phosphoric acid groups is 3. The molecule has 1 saturated heterocycles.